The Balaban J connectivity index is 0.00000512. The minimum absolute atomic E-state index is 0. The molecule has 32 heavy (non-hydrogen) atoms. The number of phosphoric acid groups is 2. The normalized spacial score (nSPS) is 25.8. The molecule has 0 aromatic carbocycles. The van der Waals surface area contributed by atoms with E-state index < -0.39 is 52.5 Å². The van der Waals surface area contributed by atoms with E-state index in [1.807, 2.05) is 0 Å². The van der Waals surface area contributed by atoms with E-state index in [2.05, 4.69) is 9.29 Å². The fourth-order valence-electron chi connectivity index (χ4n) is 2.51. The second kappa shape index (κ2) is 11.5. The molecule has 0 radical (unpaired) electrons. The van der Waals surface area contributed by atoms with Crippen molar-refractivity contribution in [3.8, 4) is 0 Å². The molecule has 178 valence electrons. The number of ether oxygens (including phenoxy) is 1. The van der Waals surface area contributed by atoms with Gasteiger partial charge in [-0.2, -0.15) is 4.98 Å². The molecular formula is C14H25N4NaO11P2. The Morgan fingerprint density at radius 3 is 2.41 bits per heavy atom. The van der Waals surface area contributed by atoms with Gasteiger partial charge in [0.1, 0.15) is 37.3 Å². The molecule has 1 aliphatic heterocycles. The molecule has 0 aliphatic carbocycles. The summed E-state index contributed by atoms with van der Waals surface area (Å²) in [5, 5.41) is 20.4. The predicted octanol–water partition coefficient (Wildman–Crippen LogP) is -5.86. The van der Waals surface area contributed by atoms with Gasteiger partial charge in [0.05, 0.1) is 35.6 Å². The van der Waals surface area contributed by atoms with Crippen molar-refractivity contribution in [2.45, 2.75) is 24.5 Å². The Hall–Kier alpha value is -0.220. The van der Waals surface area contributed by atoms with Gasteiger partial charge in [-0.1, -0.05) is 0 Å². The molecule has 1 aromatic rings. The Morgan fingerprint density at radius 2 is 1.88 bits per heavy atom. The third-order valence-electron chi connectivity index (χ3n) is 4.07. The van der Waals surface area contributed by atoms with Gasteiger partial charge in [0, 0.05) is 6.20 Å². The van der Waals surface area contributed by atoms with Crippen molar-refractivity contribution in [3.05, 3.63) is 22.7 Å². The molecule has 1 unspecified atom stereocenters. The van der Waals surface area contributed by atoms with Gasteiger partial charge in [-0.25, -0.2) is 9.36 Å². The number of nitrogen functional groups attached to an aromatic ring is 1. The monoisotopic (exact) mass is 510 g/mol. The van der Waals surface area contributed by atoms with E-state index in [4.69, 9.17) is 19.5 Å². The van der Waals surface area contributed by atoms with Crippen molar-refractivity contribution in [3.63, 3.8) is 0 Å². The maximum absolute atomic E-state index is 12.6. The topological polar surface area (TPSA) is 219 Å². The van der Waals surface area contributed by atoms with Crippen LogP contribution in [0.2, 0.25) is 0 Å². The molecular weight excluding hydrogens is 485 g/mol. The molecule has 0 bridgehead atoms. The summed E-state index contributed by atoms with van der Waals surface area (Å²) in [6.07, 6.45) is -4.86. The molecule has 15 nitrogen and oxygen atoms in total. The first-order valence-corrected chi connectivity index (χ1v) is 11.8. The summed E-state index contributed by atoms with van der Waals surface area (Å²) < 4.78 is 43.9. The summed E-state index contributed by atoms with van der Waals surface area (Å²) in [5.74, 6) is -0.0714. The van der Waals surface area contributed by atoms with Crippen LogP contribution >= 0.6 is 15.6 Å². The second-order valence-corrected chi connectivity index (χ2v) is 10.7. The van der Waals surface area contributed by atoms with E-state index in [9.17, 15) is 33.9 Å². The van der Waals surface area contributed by atoms with E-state index in [1.54, 1.807) is 21.1 Å². The van der Waals surface area contributed by atoms with Crippen LogP contribution in [0.3, 0.4) is 0 Å². The van der Waals surface area contributed by atoms with Crippen LogP contribution in [0.15, 0.2) is 17.1 Å². The molecule has 0 amide bonds. The zero-order chi connectivity index (χ0) is 23.6. The van der Waals surface area contributed by atoms with Gasteiger partial charge in [-0.15, -0.1) is 0 Å². The van der Waals surface area contributed by atoms with Crippen LogP contribution in [0.4, 0.5) is 5.82 Å². The number of nitrogens with two attached hydrogens (primary N) is 1. The quantitative estimate of drug-likeness (QED) is 0.152. The van der Waals surface area contributed by atoms with Gasteiger partial charge in [-0.05, 0) is 6.07 Å². The molecule has 2 heterocycles. The largest absolute Gasteiger partial charge is 1.00 e. The van der Waals surface area contributed by atoms with Gasteiger partial charge in [0.25, 0.3) is 0 Å². The molecule has 0 saturated carbocycles. The molecule has 1 aromatic heterocycles. The van der Waals surface area contributed by atoms with Crippen molar-refractivity contribution in [2.24, 2.45) is 0 Å². The van der Waals surface area contributed by atoms with Crippen molar-refractivity contribution in [2.75, 3.05) is 46.6 Å². The fraction of sp³-hybridized carbons (Fsp3) is 0.714. The predicted molar refractivity (Wildman–Crippen MR) is 99.9 cm³/mol. The summed E-state index contributed by atoms with van der Waals surface area (Å²) in [5.41, 5.74) is 4.53. The van der Waals surface area contributed by atoms with Crippen molar-refractivity contribution in [1.82, 2.24) is 9.55 Å². The molecule has 2 rings (SSSR count). The number of quaternary nitrogens is 1. The van der Waals surface area contributed by atoms with Crippen molar-refractivity contribution >= 4 is 21.5 Å². The van der Waals surface area contributed by atoms with E-state index in [0.717, 1.165) is 4.57 Å². The van der Waals surface area contributed by atoms with Gasteiger partial charge in [0.15, 0.2) is 6.23 Å². The van der Waals surface area contributed by atoms with Gasteiger partial charge in [-0.3, -0.25) is 17.9 Å². The Labute approximate surface area is 205 Å². The average Bonchev–Trinajstić information content (AvgIpc) is 2.86. The smallest absolute Gasteiger partial charge is 0.789 e. The number of phosphoric ester groups is 1. The number of aliphatic hydroxyl groups is 2. The Morgan fingerprint density at radius 1 is 1.25 bits per heavy atom. The number of aliphatic hydroxyl groups excluding tert-OH is 2. The number of likely N-dealkylation sites (N-methyl/N-ethyl adjacent to an activating group) is 1. The van der Waals surface area contributed by atoms with Crippen LogP contribution in [0.25, 0.3) is 0 Å². The summed E-state index contributed by atoms with van der Waals surface area (Å²) in [6, 6.07) is 1.26. The number of rotatable bonds is 10. The summed E-state index contributed by atoms with van der Waals surface area (Å²) in [4.78, 5) is 37.3. The first-order chi connectivity index (χ1) is 14.1. The minimum Gasteiger partial charge on any atom is -0.789 e. The average molecular weight is 510 g/mol. The molecule has 18 heteroatoms. The van der Waals surface area contributed by atoms with Gasteiger partial charge in [0.2, 0.25) is 0 Å². The summed E-state index contributed by atoms with van der Waals surface area (Å²) in [6.45, 7) is -0.824. The van der Waals surface area contributed by atoms with Crippen molar-refractivity contribution in [1.29, 1.82) is 0 Å². The number of aromatic nitrogens is 2. The van der Waals surface area contributed by atoms with E-state index in [1.165, 1.54) is 12.3 Å². The second-order valence-electron chi connectivity index (χ2n) is 7.71. The summed E-state index contributed by atoms with van der Waals surface area (Å²) in [7, 11) is -5.33. The standard InChI is InChI=1S/C14H26N4O11P2.Na/c1-18(2,3)6-7-26-31(25,29-30(22,23)24)27-8-9-11(19)12(20)13(28-9)17-5-4-10(15)16-14(17)21;/h4-5,9,11-13,19-20H,6-8H2,1-3H3,(H3-,15,16,21,22,23,24);/q;+1/p-1/t9-,11+,12+,13+,31?;/m0./s1. The molecule has 1 saturated heterocycles. The van der Waals surface area contributed by atoms with Crippen LogP contribution < -0.4 is 50.8 Å². The Kier molecular flexibility index (Phi) is 10.7. The maximum atomic E-state index is 12.6. The molecule has 4 N–H and O–H groups in total. The zero-order valence-electron chi connectivity index (χ0n) is 18.0. The Bertz CT molecular complexity index is 921. The fourth-order valence-corrected chi connectivity index (χ4v) is 4.58. The van der Waals surface area contributed by atoms with E-state index in [0.29, 0.717) is 4.48 Å². The molecule has 1 aliphatic rings. The zero-order valence-corrected chi connectivity index (χ0v) is 21.8. The van der Waals surface area contributed by atoms with Crippen LogP contribution in [0.5, 0.6) is 0 Å². The minimum atomic E-state index is -5.76. The molecule has 1 fully saturated rings. The number of hydrogen-bond donors (Lipinski definition) is 3. The first kappa shape index (κ1) is 29.8. The van der Waals surface area contributed by atoms with Crippen LogP contribution in [-0.2, 0) is 27.2 Å². The van der Waals surface area contributed by atoms with Crippen LogP contribution in [0, 0.1) is 0 Å². The van der Waals surface area contributed by atoms with Gasteiger partial charge < -0.3 is 39.5 Å². The van der Waals surface area contributed by atoms with Crippen LogP contribution in [-0.4, -0.2) is 83.5 Å². The molecule has 5 atom stereocenters. The molecule has 0 spiro atoms. The first-order valence-electron chi connectivity index (χ1n) is 8.89. The third-order valence-corrected chi connectivity index (χ3v) is 6.64. The maximum Gasteiger partial charge on any atom is 1.00 e. The third kappa shape index (κ3) is 8.85. The number of nitrogens with zero attached hydrogens (tertiary/aromatic N) is 3. The number of anilines is 1. The van der Waals surface area contributed by atoms with Gasteiger partial charge >= 0.3 is 43.1 Å². The summed E-state index contributed by atoms with van der Waals surface area (Å²) >= 11 is 0. The van der Waals surface area contributed by atoms with E-state index in [-0.39, 0.29) is 48.5 Å². The number of hydrogen-bond acceptors (Lipinski definition) is 13. The van der Waals surface area contributed by atoms with Crippen LogP contribution in [0.1, 0.15) is 6.23 Å². The van der Waals surface area contributed by atoms with E-state index >= 15 is 0 Å². The van der Waals surface area contributed by atoms with Crippen molar-refractivity contribution < 1.29 is 81.3 Å². The SMILES string of the molecule is C[N+](C)(C)CCOP(=O)(OC[C@@H]1O[C@@H](n2ccc(N)nc2=O)[C@H](O)[C@@H]1O)OP(=O)([O-])[O-].[Na+].